The Morgan fingerprint density at radius 3 is 1.25 bits per heavy atom. The number of aryl methyl sites for hydroxylation is 5. The molecule has 76 heavy (non-hydrogen) atoms. The van der Waals surface area contributed by atoms with E-state index in [4.69, 9.17) is 14.8 Å². The van der Waals surface area contributed by atoms with Gasteiger partial charge < -0.3 is 14.8 Å². The van der Waals surface area contributed by atoms with Crippen LogP contribution in [0.3, 0.4) is 0 Å². The van der Waals surface area contributed by atoms with Gasteiger partial charge in [0.15, 0.2) is 0 Å². The second kappa shape index (κ2) is 29.3. The van der Waals surface area contributed by atoms with Crippen LogP contribution in [-0.2, 0) is 4.74 Å². The predicted octanol–water partition coefficient (Wildman–Crippen LogP) is 19.5. The summed E-state index contributed by atoms with van der Waals surface area (Å²) in [6.45, 7) is 12.5. The van der Waals surface area contributed by atoms with Crippen LogP contribution in [0.25, 0.3) is 73.4 Å². The number of benzene rings is 8. The Morgan fingerprint density at radius 2 is 0.842 bits per heavy atom. The quantitative estimate of drug-likeness (QED) is 0.119. The molecule has 0 unspecified atom stereocenters. The van der Waals surface area contributed by atoms with Crippen molar-refractivity contribution >= 4 is 145 Å². The van der Waals surface area contributed by atoms with Crippen LogP contribution >= 0.6 is 94.6 Å². The number of thiophene rings is 3. The summed E-state index contributed by atoms with van der Waals surface area (Å²) in [6, 6.07) is 66.1. The van der Waals surface area contributed by atoms with E-state index in [1.54, 1.807) is 23.5 Å². The van der Waals surface area contributed by atoms with Crippen molar-refractivity contribution in [1.82, 2.24) is 0 Å². The number of ether oxygens (including phenoxy) is 1. The van der Waals surface area contributed by atoms with E-state index < -0.39 is 7.12 Å². The van der Waals surface area contributed by atoms with Gasteiger partial charge in [-0.2, -0.15) is 0 Å². The molecule has 4 nitrogen and oxygen atoms in total. The first kappa shape index (κ1) is 58.9. The van der Waals surface area contributed by atoms with Crippen molar-refractivity contribution in [3.8, 4) is 43.1 Å². The van der Waals surface area contributed by atoms with E-state index in [1.165, 1.54) is 112 Å². The fourth-order valence-corrected chi connectivity index (χ4v) is 13.5. The molecule has 11 aromatic rings. The molecule has 1 aliphatic heterocycles. The summed E-state index contributed by atoms with van der Waals surface area (Å²) in [5.74, 6) is 0. The van der Waals surface area contributed by atoms with E-state index in [1.807, 2.05) is 47.8 Å². The molecule has 0 saturated carbocycles. The monoisotopic (exact) mass is 1260 g/mol. The summed E-state index contributed by atoms with van der Waals surface area (Å²) in [5.41, 5.74) is 14.7. The fraction of sp³-hybridized carbons (Fsp3) is 0.143. The summed E-state index contributed by atoms with van der Waals surface area (Å²) in [4.78, 5) is 2.70. The van der Waals surface area contributed by atoms with Crippen molar-refractivity contribution in [2.24, 2.45) is 4.30 Å². The Balaban J connectivity index is 0.000000148. The van der Waals surface area contributed by atoms with Gasteiger partial charge in [-0.25, -0.2) is 0 Å². The van der Waals surface area contributed by atoms with Crippen LogP contribution < -0.4 is 5.46 Å². The molecule has 0 spiro atoms. The van der Waals surface area contributed by atoms with Crippen LogP contribution in [0, 0.1) is 34.6 Å². The molecule has 1 saturated heterocycles. The van der Waals surface area contributed by atoms with Crippen molar-refractivity contribution in [3.63, 3.8) is 0 Å². The first-order valence-corrected chi connectivity index (χ1v) is 29.9. The van der Waals surface area contributed by atoms with Gasteiger partial charge in [0.2, 0.25) is 0 Å². The van der Waals surface area contributed by atoms with Gasteiger partial charge in [0, 0.05) is 68.8 Å². The molecule has 0 amide bonds. The molecule has 1 radical (unpaired) electrons. The first-order chi connectivity index (χ1) is 36.7. The topological polar surface area (TPSA) is 62.0 Å². The molecular weight excluding hydrogens is 1210 g/mol. The molecule has 3 aromatic heterocycles. The molecule has 0 aliphatic carbocycles. The van der Waals surface area contributed by atoms with Gasteiger partial charge in [0.05, 0.1) is 8.26 Å². The Kier molecular flexibility index (Phi) is 22.7. The van der Waals surface area contributed by atoms with E-state index >= 15 is 0 Å². The molecule has 0 atom stereocenters. The zero-order valence-corrected chi connectivity index (χ0v) is 51.0. The summed E-state index contributed by atoms with van der Waals surface area (Å²) in [7, 11) is 2.99. The SMILES string of the molecule is Brc1sc2ccccc2c1Br.C1CCOC1.Cc1ccc(-c2sc3cc(Br)ccc3c2-c2ccc(C)cc2)cc1.Cc1ccc(-c2sc3ccccc3c2-c2ccc(C)cc2)cc1.Cc1ccc(B(O)O)cc1.[B]=NS. The van der Waals surface area contributed by atoms with Crippen molar-refractivity contribution in [1.29, 1.82) is 0 Å². The number of thiol groups is 1. The van der Waals surface area contributed by atoms with E-state index in [0.29, 0.717) is 5.46 Å². The minimum atomic E-state index is -1.35. The van der Waals surface area contributed by atoms with Gasteiger partial charge in [-0.15, -0.1) is 34.0 Å². The Labute approximate surface area is 492 Å². The third kappa shape index (κ3) is 16.2. The summed E-state index contributed by atoms with van der Waals surface area (Å²) in [5, 5.41) is 21.3. The van der Waals surface area contributed by atoms with Crippen LogP contribution in [0.5, 0.6) is 0 Å². The molecule has 13 heteroatoms. The normalized spacial score (nSPS) is 11.4. The molecule has 4 heterocycles. The standard InChI is InChI=1S/C22H17BrS.C22H18S.C8H4Br2S.C7H9BO2.C4H8O.BHNS/c1-14-3-7-16(8-4-14)21-19-12-11-18(23)13-20(19)24-22(21)17-9-5-15(2)6-10-17;1-15-7-11-17(12-8-15)21-19-5-3-4-6-20(19)23-22(21)18-13-9-16(2)10-14-18;9-7-5-3-1-2-4-6(5)11-8(7)10;1-6-2-4-7(5-3-6)8(9)10;1-2-4-5-3-1;1-2-3/h3-13H,1-2H3;3-14H,1-2H3;1-4H;2-5,9-10H,1H3;1-4H2;3H. The molecule has 8 aromatic carbocycles. The maximum absolute atomic E-state index is 8.67. The molecule has 12 rings (SSSR count). The maximum atomic E-state index is 8.67. The van der Waals surface area contributed by atoms with Crippen LogP contribution in [0.2, 0.25) is 0 Å². The number of hydrogen-bond acceptors (Lipinski definition) is 8. The molecule has 2 N–H and O–H groups in total. The minimum absolute atomic E-state index is 0.533. The van der Waals surface area contributed by atoms with E-state index in [2.05, 4.69) is 258 Å². The van der Waals surface area contributed by atoms with Crippen LogP contribution in [0.1, 0.15) is 40.7 Å². The number of hydrogen-bond donors (Lipinski definition) is 3. The van der Waals surface area contributed by atoms with Crippen LogP contribution in [-0.4, -0.2) is 38.0 Å². The Hall–Kier alpha value is -4.76. The van der Waals surface area contributed by atoms with E-state index in [9.17, 15) is 0 Å². The Morgan fingerprint density at radius 1 is 0.474 bits per heavy atom. The van der Waals surface area contributed by atoms with Gasteiger partial charge in [0.1, 0.15) is 0 Å². The fourth-order valence-electron chi connectivity index (χ4n) is 8.18. The number of fused-ring (bicyclic) bond motifs is 3. The molecule has 1 aliphatic rings. The molecular formula is C63H57B2Br3NO3S4. The molecule has 0 bridgehead atoms. The van der Waals surface area contributed by atoms with Crippen LogP contribution in [0.15, 0.2) is 205 Å². The van der Waals surface area contributed by atoms with Crippen molar-refractivity contribution < 1.29 is 14.8 Å². The number of halogens is 3. The molecule has 383 valence electrons. The second-order valence-corrected chi connectivity index (χ2v) is 24.5. The van der Waals surface area contributed by atoms with Gasteiger partial charge in [-0.1, -0.05) is 208 Å². The third-order valence-electron chi connectivity index (χ3n) is 12.3. The van der Waals surface area contributed by atoms with Gasteiger partial charge in [0.25, 0.3) is 0 Å². The summed E-state index contributed by atoms with van der Waals surface area (Å²) < 4.78 is 15.1. The average molecular weight is 1270 g/mol. The van der Waals surface area contributed by atoms with Gasteiger partial charge in [-0.3, -0.25) is 0 Å². The summed E-state index contributed by atoms with van der Waals surface area (Å²) >= 11 is 19.3. The van der Waals surface area contributed by atoms with Gasteiger partial charge >= 0.3 is 31.9 Å². The zero-order chi connectivity index (χ0) is 54.1. The summed E-state index contributed by atoms with van der Waals surface area (Å²) in [6.07, 6.45) is 2.56. The third-order valence-corrected chi connectivity index (χ3v) is 18.6. The van der Waals surface area contributed by atoms with Gasteiger partial charge in [-0.05, 0) is 131 Å². The Bertz CT molecular complexity index is 3590. The van der Waals surface area contributed by atoms with Crippen LogP contribution in [0.4, 0.5) is 0 Å². The number of nitrogens with zero attached hydrogens (tertiary/aromatic N) is 1. The van der Waals surface area contributed by atoms with E-state index in [-0.39, 0.29) is 0 Å². The first-order valence-electron chi connectivity index (χ1n) is 24.6. The second-order valence-electron chi connectivity index (χ2n) is 18.1. The molecule has 1 fully saturated rings. The van der Waals surface area contributed by atoms with Crippen molar-refractivity contribution in [2.75, 3.05) is 13.2 Å². The predicted molar refractivity (Wildman–Crippen MR) is 347 cm³/mol. The zero-order valence-electron chi connectivity index (χ0n) is 42.9. The number of rotatable bonds is 5. The van der Waals surface area contributed by atoms with Crippen molar-refractivity contribution in [2.45, 2.75) is 47.5 Å². The average Bonchev–Trinajstić information content (AvgIpc) is 4.26. The van der Waals surface area contributed by atoms with E-state index in [0.717, 1.165) is 27.7 Å². The van der Waals surface area contributed by atoms with Crippen molar-refractivity contribution in [3.05, 3.63) is 229 Å².